The van der Waals surface area contributed by atoms with Crippen molar-refractivity contribution in [2.75, 3.05) is 18.4 Å². The molecule has 102 valence electrons. The number of alkyl halides is 3. The molecule has 0 aliphatic carbocycles. The lowest BCUT2D eigenvalue weighted by Crippen LogP contribution is -2.38. The lowest BCUT2D eigenvalue weighted by Gasteiger charge is -2.11. The average Bonchev–Trinajstić information content (AvgIpc) is 2.33. The number of carbonyl (C=O) groups excluding carboxylic acids is 1. The summed E-state index contributed by atoms with van der Waals surface area (Å²) in [5.41, 5.74) is 0.0713. The largest absolute Gasteiger partial charge is 0.382 e. The minimum absolute atomic E-state index is 0.0763. The summed E-state index contributed by atoms with van der Waals surface area (Å²) in [6.07, 6.45) is 0. The van der Waals surface area contributed by atoms with Gasteiger partial charge in [0, 0.05) is 29.0 Å². The van der Waals surface area contributed by atoms with Crippen LogP contribution in [0.3, 0.4) is 0 Å². The Kier molecular flexibility index (Phi) is 5.18. The van der Waals surface area contributed by atoms with Gasteiger partial charge in [-0.25, -0.2) is 4.39 Å². The third-order valence-electron chi connectivity index (χ3n) is 2.11. The molecule has 0 saturated carbocycles. The van der Waals surface area contributed by atoms with E-state index in [9.17, 15) is 18.0 Å². The van der Waals surface area contributed by atoms with E-state index in [-0.39, 0.29) is 24.3 Å². The maximum Gasteiger partial charge on any atom is 0.377 e. The number of nitrogens with one attached hydrogen (secondary N) is 2. The molecular weight excluding hydrogens is 327 g/mol. The van der Waals surface area contributed by atoms with Crippen LogP contribution in [0.25, 0.3) is 0 Å². The zero-order valence-corrected chi connectivity index (χ0v) is 11.1. The van der Waals surface area contributed by atoms with Gasteiger partial charge in [0.2, 0.25) is 0 Å². The third-order valence-corrected chi connectivity index (χ3v) is 2.47. The van der Waals surface area contributed by atoms with E-state index >= 15 is 0 Å². The number of anilines is 1. The summed E-state index contributed by atoms with van der Waals surface area (Å²) in [4.78, 5) is 7.18. The first kappa shape index (κ1) is 15.3. The molecule has 0 aliphatic heterocycles. The van der Waals surface area contributed by atoms with Crippen LogP contribution < -0.4 is 10.6 Å². The Morgan fingerprint density at radius 2 is 2.11 bits per heavy atom. The van der Waals surface area contributed by atoms with Gasteiger partial charge >= 0.3 is 10.7 Å². The number of nitrogens with zero attached hydrogens (tertiary/aromatic N) is 1. The van der Waals surface area contributed by atoms with E-state index < -0.39 is 16.6 Å². The number of hydrogen-bond donors (Lipinski definition) is 2. The maximum absolute atomic E-state index is 13.2. The summed E-state index contributed by atoms with van der Waals surface area (Å²) >= 11 is 1.91. The Balaban J connectivity index is 2.49. The van der Waals surface area contributed by atoms with Crippen molar-refractivity contribution in [3.63, 3.8) is 0 Å². The van der Waals surface area contributed by atoms with Crippen molar-refractivity contribution in [1.29, 1.82) is 5.26 Å². The summed E-state index contributed by atoms with van der Waals surface area (Å²) in [6.45, 7) is -0.0195. The van der Waals surface area contributed by atoms with Crippen LogP contribution in [0.1, 0.15) is 5.56 Å². The van der Waals surface area contributed by atoms with Gasteiger partial charge in [0.1, 0.15) is 17.4 Å². The van der Waals surface area contributed by atoms with Gasteiger partial charge in [0.15, 0.2) is 0 Å². The summed E-state index contributed by atoms with van der Waals surface area (Å²) < 4.78 is 38.1. The van der Waals surface area contributed by atoms with Crippen molar-refractivity contribution in [2.24, 2.45) is 0 Å². The standard InChI is InChI=1S/C11H9BrF3N3O/c12-11(14,15)10(19)18-5-4-17-9-3-1-2-8(13)7(9)6-16/h1-3,17H,4-5H2,(H,18,19). The fourth-order valence-corrected chi connectivity index (χ4v) is 1.40. The van der Waals surface area contributed by atoms with Crippen molar-refractivity contribution < 1.29 is 18.0 Å². The number of benzene rings is 1. The van der Waals surface area contributed by atoms with Crippen molar-refractivity contribution in [1.82, 2.24) is 5.32 Å². The monoisotopic (exact) mass is 335 g/mol. The molecule has 0 saturated heterocycles. The molecule has 1 aromatic carbocycles. The van der Waals surface area contributed by atoms with E-state index in [1.807, 2.05) is 21.2 Å². The minimum Gasteiger partial charge on any atom is -0.382 e. The molecule has 0 spiro atoms. The van der Waals surface area contributed by atoms with Crippen LogP contribution in [0.4, 0.5) is 18.9 Å². The Labute approximate surface area is 115 Å². The molecule has 19 heavy (non-hydrogen) atoms. The highest BCUT2D eigenvalue weighted by Gasteiger charge is 2.34. The molecule has 1 amide bonds. The molecular formula is C11H9BrF3N3O. The second-order valence-electron chi connectivity index (χ2n) is 3.45. The number of hydrogen-bond acceptors (Lipinski definition) is 3. The van der Waals surface area contributed by atoms with Crippen molar-refractivity contribution in [2.45, 2.75) is 4.83 Å². The maximum atomic E-state index is 13.2. The van der Waals surface area contributed by atoms with Gasteiger partial charge in [0.05, 0.1) is 5.69 Å². The van der Waals surface area contributed by atoms with Gasteiger partial charge in [0.25, 0.3) is 0 Å². The molecule has 1 aromatic rings. The molecule has 8 heteroatoms. The van der Waals surface area contributed by atoms with Gasteiger partial charge in [-0.05, 0) is 12.1 Å². The van der Waals surface area contributed by atoms with Crippen LogP contribution in [0.2, 0.25) is 0 Å². The van der Waals surface area contributed by atoms with E-state index in [2.05, 4.69) is 5.32 Å². The fraction of sp³-hybridized carbons (Fsp3) is 0.273. The van der Waals surface area contributed by atoms with E-state index in [4.69, 9.17) is 5.26 Å². The molecule has 0 heterocycles. The van der Waals surface area contributed by atoms with Crippen LogP contribution in [0, 0.1) is 17.1 Å². The van der Waals surface area contributed by atoms with Gasteiger partial charge in [-0.15, -0.1) is 0 Å². The highest BCUT2D eigenvalue weighted by Crippen LogP contribution is 2.21. The Bertz CT molecular complexity index is 511. The van der Waals surface area contributed by atoms with Gasteiger partial charge in [-0.1, -0.05) is 6.07 Å². The summed E-state index contributed by atoms with van der Waals surface area (Å²) in [5.74, 6) is -2.14. The van der Waals surface area contributed by atoms with Crippen molar-refractivity contribution in [3.05, 3.63) is 29.6 Å². The molecule has 0 aromatic heterocycles. The normalized spacial score (nSPS) is 10.7. The first-order chi connectivity index (χ1) is 8.86. The Hall–Kier alpha value is -1.75. The number of rotatable bonds is 5. The van der Waals surface area contributed by atoms with E-state index in [1.54, 1.807) is 6.07 Å². The van der Waals surface area contributed by atoms with Gasteiger partial charge in [-0.2, -0.15) is 14.0 Å². The number of amides is 1. The predicted molar refractivity (Wildman–Crippen MR) is 66.5 cm³/mol. The van der Waals surface area contributed by atoms with Crippen molar-refractivity contribution in [3.8, 4) is 6.07 Å². The highest BCUT2D eigenvalue weighted by atomic mass is 79.9. The third kappa shape index (κ3) is 4.44. The molecule has 0 bridgehead atoms. The van der Waals surface area contributed by atoms with Crippen LogP contribution in [-0.4, -0.2) is 23.8 Å². The smallest absolute Gasteiger partial charge is 0.377 e. The number of halogens is 4. The van der Waals surface area contributed by atoms with E-state index in [0.717, 1.165) is 6.07 Å². The Morgan fingerprint density at radius 1 is 1.42 bits per heavy atom. The fourth-order valence-electron chi connectivity index (χ4n) is 1.26. The lowest BCUT2D eigenvalue weighted by molar-refractivity contribution is -0.134. The van der Waals surface area contributed by atoms with Crippen molar-refractivity contribution >= 4 is 27.5 Å². The second-order valence-corrected chi connectivity index (χ2v) is 4.45. The van der Waals surface area contributed by atoms with Crippen LogP contribution in [0.15, 0.2) is 18.2 Å². The average molecular weight is 336 g/mol. The minimum atomic E-state index is -3.62. The van der Waals surface area contributed by atoms with Crippen LogP contribution in [-0.2, 0) is 4.79 Å². The van der Waals surface area contributed by atoms with Crippen LogP contribution >= 0.6 is 15.9 Å². The summed E-state index contributed by atoms with van der Waals surface area (Å²) in [7, 11) is 0. The summed E-state index contributed by atoms with van der Waals surface area (Å²) in [6, 6.07) is 5.70. The zero-order chi connectivity index (χ0) is 14.5. The molecule has 0 fully saturated rings. The second kappa shape index (κ2) is 6.43. The van der Waals surface area contributed by atoms with E-state index in [1.165, 1.54) is 12.1 Å². The Morgan fingerprint density at radius 3 is 2.68 bits per heavy atom. The lowest BCUT2D eigenvalue weighted by atomic mass is 10.2. The van der Waals surface area contributed by atoms with Gasteiger partial charge in [-0.3, -0.25) is 4.79 Å². The number of nitriles is 1. The molecule has 2 N–H and O–H groups in total. The molecule has 4 nitrogen and oxygen atoms in total. The summed E-state index contributed by atoms with van der Waals surface area (Å²) in [5, 5.41) is 13.4. The van der Waals surface area contributed by atoms with E-state index in [0.29, 0.717) is 0 Å². The first-order valence-corrected chi connectivity index (χ1v) is 5.93. The number of carbonyl (C=O) groups is 1. The molecule has 0 unspecified atom stereocenters. The molecule has 0 aliphatic rings. The molecule has 0 radical (unpaired) electrons. The first-order valence-electron chi connectivity index (χ1n) is 5.13. The highest BCUT2D eigenvalue weighted by molar-refractivity contribution is 9.10. The molecule has 0 atom stereocenters. The van der Waals surface area contributed by atoms with Crippen LogP contribution in [0.5, 0.6) is 0 Å². The zero-order valence-electron chi connectivity index (χ0n) is 9.51. The molecule has 1 rings (SSSR count). The predicted octanol–water partition coefficient (Wildman–Crippen LogP) is 2.21. The SMILES string of the molecule is N#Cc1c(F)cccc1NCCNC(=O)C(F)(F)Br. The topological polar surface area (TPSA) is 64.9 Å². The quantitative estimate of drug-likeness (QED) is 0.640. The van der Waals surface area contributed by atoms with Gasteiger partial charge < -0.3 is 10.6 Å².